The summed E-state index contributed by atoms with van der Waals surface area (Å²) in [6.45, 7) is 5.92. The normalized spacial score (nSPS) is 15.7. The highest BCUT2D eigenvalue weighted by Crippen LogP contribution is 2.47. The second kappa shape index (κ2) is 18.1. The Morgan fingerprint density at radius 2 is 1.13 bits per heavy atom. The molecule has 0 fully saturated rings. The van der Waals surface area contributed by atoms with Gasteiger partial charge in [0.15, 0.2) is 0 Å². The fourth-order valence-corrected chi connectivity index (χ4v) is 11.5. The second-order valence-corrected chi connectivity index (χ2v) is 17.7. The zero-order valence-corrected chi connectivity index (χ0v) is 33.7. The zero-order valence-electron chi connectivity index (χ0n) is 29.6. The van der Waals surface area contributed by atoms with Gasteiger partial charge in [0.2, 0.25) is 23.0 Å². The molecule has 0 radical (unpaired) electrons. The molecule has 2 aromatic carbocycles. The molecule has 6 aromatic rings. The summed E-state index contributed by atoms with van der Waals surface area (Å²) in [5.41, 5.74) is 12.8. The van der Waals surface area contributed by atoms with Crippen molar-refractivity contribution in [3.63, 3.8) is 0 Å². The average molecular weight is 824 g/mol. The summed E-state index contributed by atoms with van der Waals surface area (Å²) >= 11 is 11.2. The number of carbonyl (C=O) groups excluding carboxylic acids is 4. The van der Waals surface area contributed by atoms with Gasteiger partial charge < -0.3 is 21.7 Å². The molecule has 4 heterocycles. The maximum absolute atomic E-state index is 11.7. The molecule has 3 amide bonds. The van der Waals surface area contributed by atoms with Crippen LogP contribution in [0.3, 0.4) is 0 Å². The van der Waals surface area contributed by atoms with E-state index < -0.39 is 0 Å². The van der Waals surface area contributed by atoms with Crippen LogP contribution in [-0.2, 0) is 44.9 Å². The molecule has 0 saturated heterocycles. The van der Waals surface area contributed by atoms with Crippen LogP contribution in [-0.4, -0.2) is 45.0 Å². The van der Waals surface area contributed by atoms with E-state index in [1.807, 2.05) is 36.4 Å². The molecule has 0 saturated carbocycles. The van der Waals surface area contributed by atoms with Gasteiger partial charge in [0.05, 0.1) is 20.4 Å². The molecule has 10 nitrogen and oxygen atoms in total. The van der Waals surface area contributed by atoms with E-state index in [9.17, 15) is 19.2 Å². The highest BCUT2D eigenvalue weighted by atomic mass is 35.5. The third kappa shape index (κ3) is 9.78. The number of carbonyl (C=O) groups is 4. The minimum atomic E-state index is -0.361. The summed E-state index contributed by atoms with van der Waals surface area (Å²) in [7, 11) is 0. The average Bonchev–Trinajstić information content (AvgIpc) is 3.85. The number of nitrogens with one attached hydrogen (secondary N) is 3. The van der Waals surface area contributed by atoms with Crippen LogP contribution in [0.15, 0.2) is 48.5 Å². The zero-order chi connectivity index (χ0) is 37.8. The number of halogens is 1. The number of thiazole rings is 2. The van der Waals surface area contributed by atoms with E-state index in [-0.39, 0.29) is 42.5 Å². The molecule has 0 aliphatic heterocycles. The molecule has 0 bridgehead atoms. The van der Waals surface area contributed by atoms with Gasteiger partial charge in [-0.15, -0.1) is 45.3 Å². The Hall–Kier alpha value is -4.05. The molecule has 15 heteroatoms. The molecule has 54 heavy (non-hydrogen) atoms. The maximum Gasteiger partial charge on any atom is 0.221 e. The molecule has 4 aromatic heterocycles. The fourth-order valence-electron chi connectivity index (χ4n) is 6.51. The number of para-hydroxylation sites is 2. The molecular formula is C39H43ClN6O4S4. The van der Waals surface area contributed by atoms with Crippen LogP contribution in [0, 0.1) is 0 Å². The predicted octanol–water partition coefficient (Wildman–Crippen LogP) is 9.18. The first kappa shape index (κ1) is 41.1. The molecule has 2 aliphatic carbocycles. The molecule has 5 N–H and O–H groups in total. The first-order chi connectivity index (χ1) is 25.4. The van der Waals surface area contributed by atoms with Gasteiger partial charge in [0.25, 0.3) is 0 Å². The number of hydrogen-bond donors (Lipinski definition) is 4. The van der Waals surface area contributed by atoms with E-state index in [0.717, 1.165) is 85.4 Å². The number of amides is 3. The van der Waals surface area contributed by atoms with Gasteiger partial charge in [0, 0.05) is 67.1 Å². The summed E-state index contributed by atoms with van der Waals surface area (Å²) < 4.78 is 2.31. The molecule has 284 valence electrons. The van der Waals surface area contributed by atoms with Crippen molar-refractivity contribution in [3.8, 4) is 21.1 Å². The Kier molecular flexibility index (Phi) is 13.7. The number of hydrogen-bond acceptors (Lipinski definition) is 11. The Labute approximate surface area is 335 Å². The lowest BCUT2D eigenvalue weighted by atomic mass is 9.92. The van der Waals surface area contributed by atoms with E-state index in [1.54, 1.807) is 59.2 Å². The summed E-state index contributed by atoms with van der Waals surface area (Å²) in [6.07, 6.45) is 5.41. The lowest BCUT2D eigenvalue weighted by Crippen LogP contribution is -2.37. The minimum Gasteiger partial charge on any atom is -0.353 e. The van der Waals surface area contributed by atoms with E-state index in [4.69, 9.17) is 15.7 Å². The molecule has 2 unspecified atom stereocenters. The van der Waals surface area contributed by atoms with E-state index in [1.165, 1.54) is 39.4 Å². The Morgan fingerprint density at radius 1 is 0.685 bits per heavy atom. The molecular weight excluding hydrogens is 780 g/mol. The van der Waals surface area contributed by atoms with Crippen molar-refractivity contribution in [2.75, 3.05) is 10.6 Å². The lowest BCUT2D eigenvalue weighted by molar-refractivity contribution is -0.120. The number of benzene rings is 2. The van der Waals surface area contributed by atoms with E-state index in [2.05, 4.69) is 39.7 Å². The van der Waals surface area contributed by atoms with Gasteiger partial charge >= 0.3 is 0 Å². The number of rotatable bonds is 5. The molecule has 2 aliphatic rings. The SMILES string of the molecule is C.CC(=O)Cl.CC(=O)Nc1sc2c(c1-c1nc3ccccc3s1)CCC(N)C2.CC(=O)Nc1sc2c(c1-c1nc3ccccc3s1)CCC(NC(C)=O)C2. The van der Waals surface area contributed by atoms with Crippen molar-refractivity contribution in [2.45, 2.75) is 85.7 Å². The van der Waals surface area contributed by atoms with Crippen LogP contribution in [0.2, 0.25) is 0 Å². The van der Waals surface area contributed by atoms with Crippen LogP contribution >= 0.6 is 56.9 Å². The summed E-state index contributed by atoms with van der Waals surface area (Å²) in [4.78, 5) is 56.0. The first-order valence-electron chi connectivity index (χ1n) is 17.1. The Morgan fingerprint density at radius 3 is 1.57 bits per heavy atom. The predicted molar refractivity (Wildman–Crippen MR) is 227 cm³/mol. The van der Waals surface area contributed by atoms with Gasteiger partial charge in [-0.2, -0.15) is 0 Å². The minimum absolute atomic E-state index is 0. The number of nitrogens with zero attached hydrogens (tertiary/aromatic N) is 2. The fraction of sp³-hybridized carbons (Fsp3) is 0.333. The van der Waals surface area contributed by atoms with Crippen molar-refractivity contribution in [2.24, 2.45) is 5.73 Å². The third-order valence-electron chi connectivity index (χ3n) is 8.57. The molecule has 2 atom stereocenters. The van der Waals surface area contributed by atoms with Crippen molar-refractivity contribution in [1.82, 2.24) is 15.3 Å². The number of thiophene rings is 2. The number of anilines is 2. The molecule has 0 spiro atoms. The third-order valence-corrected chi connectivity index (χ3v) is 13.0. The van der Waals surface area contributed by atoms with Crippen LogP contribution in [0.1, 0.15) is 68.8 Å². The highest BCUT2D eigenvalue weighted by Gasteiger charge is 2.29. The topological polar surface area (TPSA) is 156 Å². The van der Waals surface area contributed by atoms with Gasteiger partial charge in [-0.25, -0.2) is 9.97 Å². The standard InChI is InChI=1S/C19H19N3O2S2.C17H17N3OS2.C2H3ClO.CH4/c1-10(23)20-12-7-8-13-16(9-12)26-18(21-11(2)24)17(13)19-22-14-5-3-4-6-15(14)25-19;1-9(21)19-16-15(11-7-6-10(18)8-14(11)23-16)17-20-12-4-2-3-5-13(12)22-17;1-2(3)4;/h3-6,12H,7-9H2,1-2H3,(H,20,23)(H,21,24);2-5,10H,6-8,18H2,1H3,(H,19,21);1H3;1H4. The van der Waals surface area contributed by atoms with E-state index in [0.29, 0.717) is 0 Å². The van der Waals surface area contributed by atoms with Crippen molar-refractivity contribution in [3.05, 3.63) is 69.4 Å². The van der Waals surface area contributed by atoms with Gasteiger partial charge in [-0.1, -0.05) is 31.7 Å². The Balaban J connectivity index is 0.000000187. The first-order valence-corrected chi connectivity index (χ1v) is 20.8. The monoisotopic (exact) mass is 822 g/mol. The highest BCUT2D eigenvalue weighted by molar-refractivity contribution is 7.23. The molecule has 8 rings (SSSR count). The van der Waals surface area contributed by atoms with Crippen LogP contribution in [0.25, 0.3) is 41.6 Å². The van der Waals surface area contributed by atoms with Gasteiger partial charge in [-0.3, -0.25) is 19.2 Å². The summed E-state index contributed by atoms with van der Waals surface area (Å²) in [5, 5.41) is 12.4. The lowest BCUT2D eigenvalue weighted by Gasteiger charge is -2.23. The van der Waals surface area contributed by atoms with Gasteiger partial charge in [-0.05, 0) is 79.1 Å². The summed E-state index contributed by atoms with van der Waals surface area (Å²) in [6, 6.07) is 16.6. The number of fused-ring (bicyclic) bond motifs is 4. The Bertz CT molecular complexity index is 2260. The number of nitrogens with two attached hydrogens (primary N) is 1. The second-order valence-electron chi connectivity index (χ2n) is 12.9. The van der Waals surface area contributed by atoms with Gasteiger partial charge in [0.1, 0.15) is 20.0 Å². The summed E-state index contributed by atoms with van der Waals surface area (Å²) in [5.74, 6) is -0.122. The van der Waals surface area contributed by atoms with Crippen LogP contribution in [0.5, 0.6) is 0 Å². The van der Waals surface area contributed by atoms with Crippen molar-refractivity contribution < 1.29 is 19.2 Å². The van der Waals surface area contributed by atoms with E-state index >= 15 is 0 Å². The van der Waals surface area contributed by atoms with Crippen molar-refractivity contribution in [1.29, 1.82) is 0 Å². The number of aromatic nitrogens is 2. The van der Waals surface area contributed by atoms with Crippen LogP contribution in [0.4, 0.5) is 10.0 Å². The maximum atomic E-state index is 11.7. The largest absolute Gasteiger partial charge is 0.353 e. The quantitative estimate of drug-likeness (QED) is 0.126. The smallest absolute Gasteiger partial charge is 0.221 e. The van der Waals surface area contributed by atoms with Crippen molar-refractivity contribution >= 4 is 110 Å². The van der Waals surface area contributed by atoms with Crippen LogP contribution < -0.4 is 21.7 Å².